The van der Waals surface area contributed by atoms with Crippen LogP contribution in [0.15, 0.2) is 83.8 Å². The lowest BCUT2D eigenvalue weighted by molar-refractivity contribution is -0.119. The fourth-order valence-corrected chi connectivity index (χ4v) is 4.63. The maximum absolute atomic E-state index is 13.3. The van der Waals surface area contributed by atoms with Crippen LogP contribution >= 0.6 is 0 Å². The van der Waals surface area contributed by atoms with Gasteiger partial charge in [-0.2, -0.15) is 4.31 Å². The summed E-state index contributed by atoms with van der Waals surface area (Å²) in [6.07, 6.45) is 3.03. The molecule has 0 saturated heterocycles. The van der Waals surface area contributed by atoms with Crippen LogP contribution in [0.4, 0.5) is 5.69 Å². The number of hydrogen-bond donors (Lipinski definition) is 0. The number of carbonyl (C=O) groups excluding carboxylic acids is 1. The second kappa shape index (κ2) is 10.3. The van der Waals surface area contributed by atoms with E-state index in [1.165, 1.54) is 12.1 Å². The Morgan fingerprint density at radius 3 is 2.29 bits per heavy atom. The minimum atomic E-state index is -4.09. The van der Waals surface area contributed by atoms with Gasteiger partial charge in [0.2, 0.25) is 0 Å². The summed E-state index contributed by atoms with van der Waals surface area (Å²) >= 11 is 0. The number of aryl methyl sites for hydroxylation is 2. The van der Waals surface area contributed by atoms with Gasteiger partial charge in [-0.15, -0.1) is 0 Å². The number of hydrogen-bond acceptors (Lipinski definition) is 4. The van der Waals surface area contributed by atoms with Crippen LogP contribution in [-0.2, 0) is 21.2 Å². The third-order valence-corrected chi connectivity index (χ3v) is 6.61. The first-order chi connectivity index (χ1) is 14.9. The highest BCUT2D eigenvalue weighted by atomic mass is 32.2. The van der Waals surface area contributed by atoms with Gasteiger partial charge < -0.3 is 4.74 Å². The molecule has 0 aliphatic rings. The fourth-order valence-electron chi connectivity index (χ4n) is 3.20. The molecule has 0 unspecified atom stereocenters. The molecule has 3 aromatic carbocycles. The molecule has 0 fully saturated rings. The smallest absolute Gasteiger partial charge is 0.278 e. The van der Waals surface area contributed by atoms with Crippen molar-refractivity contribution in [2.45, 2.75) is 38.0 Å². The second-order valence-electron chi connectivity index (χ2n) is 7.35. The predicted molar refractivity (Wildman–Crippen MR) is 123 cm³/mol. The average Bonchev–Trinajstić information content (AvgIpc) is 2.78. The van der Waals surface area contributed by atoms with Crippen molar-refractivity contribution >= 4 is 21.6 Å². The maximum atomic E-state index is 13.3. The van der Waals surface area contributed by atoms with Gasteiger partial charge in [0.1, 0.15) is 5.75 Å². The number of ether oxygens (including phenoxy) is 1. The molecule has 1 amide bonds. The van der Waals surface area contributed by atoms with Crippen molar-refractivity contribution in [1.29, 1.82) is 0 Å². The largest absolute Gasteiger partial charge is 0.484 e. The van der Waals surface area contributed by atoms with E-state index in [4.69, 9.17) is 4.74 Å². The number of benzene rings is 3. The fraction of sp³-hybridized carbons (Fsp3) is 0.240. The molecule has 0 aromatic heterocycles. The first-order valence-electron chi connectivity index (χ1n) is 10.3. The van der Waals surface area contributed by atoms with E-state index in [0.29, 0.717) is 11.4 Å². The Hall–Kier alpha value is -3.12. The molecule has 0 heterocycles. The zero-order chi connectivity index (χ0) is 22.3. The third kappa shape index (κ3) is 5.73. The zero-order valence-corrected chi connectivity index (χ0v) is 18.6. The molecule has 0 atom stereocenters. The number of rotatable bonds is 9. The van der Waals surface area contributed by atoms with Crippen LogP contribution < -0.4 is 9.04 Å². The standard InChI is InChI=1S/C25H27NO4S/c1-3-4-10-21-14-16-22(17-15-21)26(31(28,29)24-12-6-5-7-13-24)25(27)19-30-23-11-8-9-20(2)18-23/h5-9,11-18H,3-4,10,19H2,1-2H3. The van der Waals surface area contributed by atoms with Crippen LogP contribution in [0.3, 0.4) is 0 Å². The average molecular weight is 438 g/mol. The van der Waals surface area contributed by atoms with Gasteiger partial charge in [-0.05, 0) is 67.3 Å². The molecule has 0 bridgehead atoms. The lowest BCUT2D eigenvalue weighted by Gasteiger charge is -2.23. The molecule has 3 aromatic rings. The quantitative estimate of drug-likeness (QED) is 0.465. The first-order valence-corrected chi connectivity index (χ1v) is 11.8. The van der Waals surface area contributed by atoms with Gasteiger partial charge >= 0.3 is 0 Å². The highest BCUT2D eigenvalue weighted by Gasteiger charge is 2.31. The summed E-state index contributed by atoms with van der Waals surface area (Å²) in [5.41, 5.74) is 2.38. The molecule has 162 valence electrons. The third-order valence-electron chi connectivity index (χ3n) is 4.85. The van der Waals surface area contributed by atoms with Crippen LogP contribution in [0.1, 0.15) is 30.9 Å². The minimum absolute atomic E-state index is 0.0500. The number of sulfonamides is 1. The summed E-state index contributed by atoms with van der Waals surface area (Å²) < 4.78 is 33.1. The molecule has 0 spiro atoms. The Morgan fingerprint density at radius 2 is 1.65 bits per heavy atom. The number of anilines is 1. The Morgan fingerprint density at radius 1 is 0.935 bits per heavy atom. The monoisotopic (exact) mass is 437 g/mol. The van der Waals surface area contributed by atoms with Gasteiger partial charge in [0.25, 0.3) is 15.9 Å². The first kappa shape index (κ1) is 22.6. The number of nitrogens with zero attached hydrogens (tertiary/aromatic N) is 1. The molecule has 0 saturated carbocycles. The van der Waals surface area contributed by atoms with Crippen molar-refractivity contribution in [1.82, 2.24) is 0 Å². The Bertz CT molecular complexity index is 1110. The maximum Gasteiger partial charge on any atom is 0.278 e. The predicted octanol–water partition coefficient (Wildman–Crippen LogP) is 5.14. The van der Waals surface area contributed by atoms with Gasteiger partial charge in [-0.3, -0.25) is 4.79 Å². The summed E-state index contributed by atoms with van der Waals surface area (Å²) in [7, 11) is -4.09. The van der Waals surface area contributed by atoms with Crippen LogP contribution in [0, 0.1) is 6.92 Å². The summed E-state index contributed by atoms with van der Waals surface area (Å²) in [6.45, 7) is 3.64. The molecule has 31 heavy (non-hydrogen) atoms. The normalized spacial score (nSPS) is 11.2. The number of amides is 1. The van der Waals surface area contributed by atoms with Gasteiger partial charge in [0, 0.05) is 0 Å². The van der Waals surface area contributed by atoms with E-state index in [1.54, 1.807) is 42.5 Å². The van der Waals surface area contributed by atoms with Crippen molar-refractivity contribution in [3.8, 4) is 5.75 Å². The molecule has 3 rings (SSSR count). The molecule has 0 radical (unpaired) electrons. The van der Waals surface area contributed by atoms with Gasteiger partial charge in [-0.25, -0.2) is 8.42 Å². The van der Waals surface area contributed by atoms with Crippen molar-refractivity contribution in [2.24, 2.45) is 0 Å². The van der Waals surface area contributed by atoms with E-state index in [0.717, 1.165) is 34.7 Å². The lowest BCUT2D eigenvalue weighted by Crippen LogP contribution is -2.40. The lowest BCUT2D eigenvalue weighted by atomic mass is 10.1. The second-order valence-corrected chi connectivity index (χ2v) is 9.14. The molecule has 5 nitrogen and oxygen atoms in total. The molecular weight excluding hydrogens is 410 g/mol. The Balaban J connectivity index is 1.91. The van der Waals surface area contributed by atoms with Crippen LogP contribution in [0.25, 0.3) is 0 Å². The number of carbonyl (C=O) groups is 1. The summed E-state index contributed by atoms with van der Waals surface area (Å²) in [6, 6.07) is 22.3. The van der Waals surface area contributed by atoms with E-state index in [1.807, 2.05) is 31.2 Å². The van der Waals surface area contributed by atoms with Crippen molar-refractivity contribution in [3.05, 3.63) is 90.0 Å². The summed E-state index contributed by atoms with van der Waals surface area (Å²) in [4.78, 5) is 13.2. The van der Waals surface area contributed by atoms with E-state index in [-0.39, 0.29) is 4.90 Å². The van der Waals surface area contributed by atoms with E-state index >= 15 is 0 Å². The van der Waals surface area contributed by atoms with Gasteiger partial charge in [0.05, 0.1) is 10.6 Å². The van der Waals surface area contributed by atoms with E-state index in [2.05, 4.69) is 6.92 Å². The van der Waals surface area contributed by atoms with Crippen LogP contribution in [0.2, 0.25) is 0 Å². The van der Waals surface area contributed by atoms with Crippen LogP contribution in [0.5, 0.6) is 5.75 Å². The zero-order valence-electron chi connectivity index (χ0n) is 17.8. The molecule has 0 aliphatic heterocycles. The summed E-state index contributed by atoms with van der Waals surface area (Å²) in [5.74, 6) is -0.146. The van der Waals surface area contributed by atoms with E-state index in [9.17, 15) is 13.2 Å². The number of unbranched alkanes of at least 4 members (excludes halogenated alkanes) is 1. The van der Waals surface area contributed by atoms with Crippen molar-refractivity contribution in [2.75, 3.05) is 10.9 Å². The Labute approximate surface area is 184 Å². The SMILES string of the molecule is CCCCc1ccc(N(C(=O)COc2cccc(C)c2)S(=O)(=O)c2ccccc2)cc1. The van der Waals surface area contributed by atoms with Crippen LogP contribution in [-0.4, -0.2) is 20.9 Å². The Kier molecular flexibility index (Phi) is 7.47. The van der Waals surface area contributed by atoms with Gasteiger partial charge in [0.15, 0.2) is 6.61 Å². The molecular formula is C25H27NO4S. The molecule has 6 heteroatoms. The van der Waals surface area contributed by atoms with Crippen molar-refractivity contribution in [3.63, 3.8) is 0 Å². The minimum Gasteiger partial charge on any atom is -0.484 e. The molecule has 0 N–H and O–H groups in total. The summed E-state index contributed by atoms with van der Waals surface area (Å²) in [5, 5.41) is 0. The van der Waals surface area contributed by atoms with Gasteiger partial charge in [-0.1, -0.05) is 55.8 Å². The highest BCUT2D eigenvalue weighted by molar-refractivity contribution is 7.93. The topological polar surface area (TPSA) is 63.7 Å². The highest BCUT2D eigenvalue weighted by Crippen LogP contribution is 2.25. The van der Waals surface area contributed by atoms with E-state index < -0.39 is 22.5 Å². The molecule has 0 aliphatic carbocycles. The van der Waals surface area contributed by atoms with Crippen molar-refractivity contribution < 1.29 is 17.9 Å².